The van der Waals surface area contributed by atoms with Crippen molar-refractivity contribution in [1.82, 2.24) is 14.6 Å². The Bertz CT molecular complexity index is 1230. The predicted octanol–water partition coefficient (Wildman–Crippen LogP) is 3.25. The highest BCUT2D eigenvalue weighted by molar-refractivity contribution is 6.30. The summed E-state index contributed by atoms with van der Waals surface area (Å²) in [5.41, 5.74) is 6.73. The van der Waals surface area contributed by atoms with Crippen molar-refractivity contribution >= 4 is 40.2 Å². The van der Waals surface area contributed by atoms with Crippen molar-refractivity contribution in [1.29, 1.82) is 0 Å². The van der Waals surface area contributed by atoms with Crippen molar-refractivity contribution < 1.29 is 23.3 Å². The van der Waals surface area contributed by atoms with Gasteiger partial charge >= 0.3 is 0 Å². The zero-order valence-electron chi connectivity index (χ0n) is 17.5. The fraction of sp³-hybridized carbons (Fsp3) is 0.261. The van der Waals surface area contributed by atoms with Crippen molar-refractivity contribution in [2.45, 2.75) is 31.7 Å². The molecule has 33 heavy (non-hydrogen) atoms. The Morgan fingerprint density at radius 1 is 1.15 bits per heavy atom. The molecule has 1 fully saturated rings. The number of rotatable bonds is 6. The number of nitrogens with zero attached hydrogens (tertiary/aromatic N) is 3. The molecule has 10 heteroatoms. The van der Waals surface area contributed by atoms with E-state index in [9.17, 15) is 23.3 Å². The number of carbonyl (C=O) groups is 3. The number of fused-ring (bicyclic) bond motifs is 1. The fourth-order valence-electron chi connectivity index (χ4n) is 4.14. The van der Waals surface area contributed by atoms with Crippen LogP contribution in [-0.2, 0) is 22.7 Å². The van der Waals surface area contributed by atoms with Gasteiger partial charge in [-0.3, -0.25) is 14.4 Å². The summed E-state index contributed by atoms with van der Waals surface area (Å²) in [4.78, 5) is 38.6. The number of hydrogen-bond acceptors (Lipinski definition) is 3. The zero-order chi connectivity index (χ0) is 23.7. The maximum Gasteiger partial charge on any atom is 0.273 e. The van der Waals surface area contributed by atoms with Gasteiger partial charge in [-0.15, -0.1) is 0 Å². The molecule has 0 bridgehead atoms. The van der Waals surface area contributed by atoms with Gasteiger partial charge < -0.3 is 15.2 Å². The molecule has 4 rings (SSSR count). The lowest BCUT2D eigenvalue weighted by atomic mass is 10.1. The first-order valence-electron chi connectivity index (χ1n) is 10.3. The molecule has 1 aromatic heterocycles. The number of likely N-dealkylation sites (tertiary alicyclic amines) is 1. The lowest BCUT2D eigenvalue weighted by Gasteiger charge is -2.25. The van der Waals surface area contributed by atoms with Crippen molar-refractivity contribution in [3.05, 3.63) is 70.9 Å². The number of benzene rings is 2. The number of carbonyl (C=O) groups excluding carboxylic acids is 3. The summed E-state index contributed by atoms with van der Waals surface area (Å²) in [5.74, 6) is -2.22. The van der Waals surface area contributed by atoms with E-state index in [0.717, 1.165) is 4.90 Å². The van der Waals surface area contributed by atoms with E-state index in [1.54, 1.807) is 42.5 Å². The van der Waals surface area contributed by atoms with Crippen molar-refractivity contribution in [3.63, 3.8) is 0 Å². The molecule has 0 unspecified atom stereocenters. The average molecular weight is 475 g/mol. The van der Waals surface area contributed by atoms with E-state index in [2.05, 4.69) is 0 Å². The standard InChI is InChI=1S/C23H21ClF2N4O3/c24-15-5-3-4-14(8-15)10-30(26)23(33)20-9-16(25)11-29(20)21(31)13-28-12-18(22(27)32)17-6-1-2-7-19(17)28/h1-8,12,16,20H,9-11,13H2,(H2,27,32)/t16-,20+/m1/s1. The third kappa shape index (κ3) is 4.68. The summed E-state index contributed by atoms with van der Waals surface area (Å²) in [6.07, 6.45) is -0.296. The molecule has 0 aliphatic carbocycles. The molecule has 1 saturated heterocycles. The van der Waals surface area contributed by atoms with Gasteiger partial charge in [-0.1, -0.05) is 46.4 Å². The highest BCUT2D eigenvalue weighted by atomic mass is 35.5. The first kappa shape index (κ1) is 22.7. The normalized spacial score (nSPS) is 18.0. The van der Waals surface area contributed by atoms with E-state index >= 15 is 0 Å². The van der Waals surface area contributed by atoms with Gasteiger partial charge in [-0.05, 0) is 23.8 Å². The Kier molecular flexibility index (Phi) is 6.33. The van der Waals surface area contributed by atoms with Crippen LogP contribution in [-0.4, -0.2) is 51.1 Å². The van der Waals surface area contributed by atoms with E-state index in [1.807, 2.05) is 0 Å². The number of hydrogen-bond donors (Lipinski definition) is 1. The van der Waals surface area contributed by atoms with Crippen molar-refractivity contribution in [2.24, 2.45) is 5.73 Å². The highest BCUT2D eigenvalue weighted by Crippen LogP contribution is 2.26. The van der Waals surface area contributed by atoms with Gasteiger partial charge in [0, 0.05) is 28.5 Å². The Morgan fingerprint density at radius 2 is 1.91 bits per heavy atom. The predicted molar refractivity (Wildman–Crippen MR) is 119 cm³/mol. The van der Waals surface area contributed by atoms with Gasteiger partial charge in [0.25, 0.3) is 11.8 Å². The van der Waals surface area contributed by atoms with E-state index in [1.165, 1.54) is 16.8 Å². The molecule has 172 valence electrons. The summed E-state index contributed by atoms with van der Waals surface area (Å²) < 4.78 is 30.4. The Balaban J connectivity index is 1.53. The molecule has 0 radical (unpaired) electrons. The summed E-state index contributed by atoms with van der Waals surface area (Å²) in [6, 6.07) is 12.0. The molecule has 0 saturated carbocycles. The monoisotopic (exact) mass is 474 g/mol. The minimum Gasteiger partial charge on any atom is -0.366 e. The largest absolute Gasteiger partial charge is 0.366 e. The average Bonchev–Trinajstić information content (AvgIpc) is 3.34. The van der Waals surface area contributed by atoms with E-state index in [-0.39, 0.29) is 36.7 Å². The van der Waals surface area contributed by atoms with Gasteiger partial charge in [-0.25, -0.2) is 4.39 Å². The van der Waals surface area contributed by atoms with Gasteiger partial charge in [0.05, 0.1) is 18.7 Å². The quantitative estimate of drug-likeness (QED) is 0.556. The highest BCUT2D eigenvalue weighted by Gasteiger charge is 2.42. The third-order valence-electron chi connectivity index (χ3n) is 5.66. The van der Waals surface area contributed by atoms with Crippen LogP contribution in [0, 0.1) is 0 Å². The van der Waals surface area contributed by atoms with Crippen LogP contribution < -0.4 is 5.73 Å². The van der Waals surface area contributed by atoms with Crippen LogP contribution in [0.3, 0.4) is 0 Å². The number of halogens is 3. The molecule has 3 aromatic rings. The molecule has 2 atom stereocenters. The SMILES string of the molecule is NC(=O)c1cn(CC(=O)N2C[C@H](F)C[C@H]2C(=O)N(F)Cc2cccc(Cl)c2)c2ccccc12. The smallest absolute Gasteiger partial charge is 0.273 e. The minimum atomic E-state index is -1.45. The molecule has 1 aliphatic heterocycles. The number of primary amides is 1. The maximum atomic E-state index is 14.7. The van der Waals surface area contributed by atoms with Crippen LogP contribution in [0.2, 0.25) is 5.02 Å². The minimum absolute atomic E-state index is 0.0229. The molecule has 2 N–H and O–H groups in total. The second-order valence-electron chi connectivity index (χ2n) is 7.94. The Labute approximate surface area is 193 Å². The number of alkyl halides is 1. The van der Waals surface area contributed by atoms with E-state index in [4.69, 9.17) is 17.3 Å². The van der Waals surface area contributed by atoms with Crippen molar-refractivity contribution in [3.8, 4) is 0 Å². The topological polar surface area (TPSA) is 88.6 Å². The molecule has 2 heterocycles. The number of amides is 3. The third-order valence-corrected chi connectivity index (χ3v) is 5.90. The van der Waals surface area contributed by atoms with Crippen molar-refractivity contribution in [2.75, 3.05) is 6.54 Å². The van der Waals surface area contributed by atoms with Gasteiger partial charge in [0.1, 0.15) is 18.8 Å². The molecule has 2 aromatic carbocycles. The molecule has 7 nitrogen and oxygen atoms in total. The summed E-state index contributed by atoms with van der Waals surface area (Å²) >= 11 is 5.90. The number of nitrogens with two attached hydrogens (primary N) is 1. The summed E-state index contributed by atoms with van der Waals surface area (Å²) in [6.45, 7) is -0.952. The van der Waals surface area contributed by atoms with Crippen LogP contribution in [0.4, 0.5) is 8.87 Å². The zero-order valence-corrected chi connectivity index (χ0v) is 18.2. The molecular weight excluding hydrogens is 454 g/mol. The van der Waals surface area contributed by atoms with E-state index < -0.39 is 29.9 Å². The van der Waals surface area contributed by atoms with Gasteiger partial charge in [0.15, 0.2) is 0 Å². The second kappa shape index (κ2) is 9.19. The van der Waals surface area contributed by atoms with Crippen LogP contribution in [0.1, 0.15) is 22.3 Å². The molecule has 3 amide bonds. The Morgan fingerprint density at radius 3 is 2.64 bits per heavy atom. The number of para-hydroxylation sites is 1. The maximum absolute atomic E-state index is 14.7. The Hall–Kier alpha value is -3.46. The lowest BCUT2D eigenvalue weighted by molar-refractivity contribution is -0.156. The second-order valence-corrected chi connectivity index (χ2v) is 8.37. The van der Waals surface area contributed by atoms with Crippen LogP contribution >= 0.6 is 11.6 Å². The number of aromatic nitrogens is 1. The first-order valence-corrected chi connectivity index (χ1v) is 10.6. The van der Waals surface area contributed by atoms with Gasteiger partial charge in [-0.2, -0.15) is 5.12 Å². The van der Waals surface area contributed by atoms with Gasteiger partial charge in [0.2, 0.25) is 5.91 Å². The molecular formula is C23H21ClF2N4O3. The summed E-state index contributed by atoms with van der Waals surface area (Å²) in [7, 11) is 0. The summed E-state index contributed by atoms with van der Waals surface area (Å²) in [5, 5.41) is 0.945. The lowest BCUT2D eigenvalue weighted by Crippen LogP contribution is -2.46. The van der Waals surface area contributed by atoms with Crippen LogP contribution in [0.25, 0.3) is 10.9 Å². The fourth-order valence-corrected chi connectivity index (χ4v) is 4.35. The van der Waals surface area contributed by atoms with Crippen LogP contribution in [0.5, 0.6) is 0 Å². The first-order chi connectivity index (χ1) is 15.7. The molecule has 0 spiro atoms. The van der Waals surface area contributed by atoms with E-state index in [0.29, 0.717) is 21.5 Å². The van der Waals surface area contributed by atoms with Crippen LogP contribution in [0.15, 0.2) is 54.7 Å². The molecule has 1 aliphatic rings.